The van der Waals surface area contributed by atoms with Crippen LogP contribution in [0.1, 0.15) is 30.9 Å². The van der Waals surface area contributed by atoms with Gasteiger partial charge in [0.2, 0.25) is 0 Å². The molecule has 2 aromatic carbocycles. The maximum absolute atomic E-state index is 12.7. The third-order valence-corrected chi connectivity index (χ3v) is 3.14. The highest BCUT2D eigenvalue weighted by Crippen LogP contribution is 2.33. The topological polar surface area (TPSA) is 0 Å². The van der Waals surface area contributed by atoms with Gasteiger partial charge in [-0.25, -0.2) is 0 Å². The van der Waals surface area contributed by atoms with Crippen molar-refractivity contribution in [2.45, 2.75) is 25.9 Å². The van der Waals surface area contributed by atoms with E-state index in [0.29, 0.717) is 5.39 Å². The largest absolute Gasteiger partial charge is 0.416 e. The van der Waals surface area contributed by atoms with Gasteiger partial charge in [0.25, 0.3) is 0 Å². The Morgan fingerprint density at radius 1 is 1.16 bits per heavy atom. The number of benzene rings is 2. The predicted molar refractivity (Wildman–Crippen MR) is 72.9 cm³/mol. The Morgan fingerprint density at radius 2 is 1.89 bits per heavy atom. The van der Waals surface area contributed by atoms with Crippen molar-refractivity contribution in [3.63, 3.8) is 0 Å². The molecule has 0 saturated carbocycles. The normalized spacial score (nSPS) is 11.8. The van der Waals surface area contributed by atoms with E-state index < -0.39 is 11.7 Å². The van der Waals surface area contributed by atoms with Crippen molar-refractivity contribution < 1.29 is 13.2 Å². The molecule has 0 radical (unpaired) electrons. The summed E-state index contributed by atoms with van der Waals surface area (Å²) in [6.07, 6.45) is -2.49. The standard InChI is InChI=1S/C16H15F3/c1-3-5-11(2)14-7-4-6-12-10-13(16(17,18)19)8-9-15(12)14/h4,6-10H,2-3,5H2,1H3. The molecule has 0 unspecified atom stereocenters. The van der Waals surface area contributed by atoms with Crippen LogP contribution in [0.15, 0.2) is 43.0 Å². The molecular formula is C16H15F3. The summed E-state index contributed by atoms with van der Waals surface area (Å²) in [5.74, 6) is 0. The number of alkyl halides is 3. The average Bonchev–Trinajstić information content (AvgIpc) is 2.36. The monoisotopic (exact) mass is 264 g/mol. The Balaban J connectivity index is 2.56. The molecule has 0 amide bonds. The van der Waals surface area contributed by atoms with E-state index in [1.807, 2.05) is 6.07 Å². The molecule has 0 N–H and O–H groups in total. The van der Waals surface area contributed by atoms with Gasteiger partial charge in [0.05, 0.1) is 5.56 Å². The van der Waals surface area contributed by atoms with Crippen molar-refractivity contribution >= 4 is 16.3 Å². The van der Waals surface area contributed by atoms with Gasteiger partial charge in [-0.15, -0.1) is 0 Å². The van der Waals surface area contributed by atoms with Gasteiger partial charge in [-0.2, -0.15) is 13.2 Å². The fourth-order valence-corrected chi connectivity index (χ4v) is 2.20. The zero-order valence-electron chi connectivity index (χ0n) is 10.7. The van der Waals surface area contributed by atoms with Crippen LogP contribution in [0.3, 0.4) is 0 Å². The molecule has 100 valence electrons. The zero-order valence-corrected chi connectivity index (χ0v) is 10.7. The number of hydrogen-bond acceptors (Lipinski definition) is 0. The molecule has 3 heteroatoms. The van der Waals surface area contributed by atoms with E-state index in [1.165, 1.54) is 12.1 Å². The lowest BCUT2D eigenvalue weighted by Crippen LogP contribution is -2.04. The summed E-state index contributed by atoms with van der Waals surface area (Å²) in [6, 6.07) is 9.25. The molecule has 2 rings (SSSR count). The highest BCUT2D eigenvalue weighted by atomic mass is 19.4. The van der Waals surface area contributed by atoms with Crippen LogP contribution < -0.4 is 0 Å². The first-order chi connectivity index (χ1) is 8.93. The minimum atomic E-state index is -4.30. The Bertz CT molecular complexity index is 609. The van der Waals surface area contributed by atoms with Crippen molar-refractivity contribution in [1.82, 2.24) is 0 Å². The highest BCUT2D eigenvalue weighted by Gasteiger charge is 2.30. The maximum Gasteiger partial charge on any atom is 0.416 e. The second kappa shape index (κ2) is 5.08. The van der Waals surface area contributed by atoms with Crippen LogP contribution >= 0.6 is 0 Å². The van der Waals surface area contributed by atoms with Gasteiger partial charge in [0, 0.05) is 0 Å². The van der Waals surface area contributed by atoms with E-state index in [-0.39, 0.29) is 0 Å². The fourth-order valence-electron chi connectivity index (χ4n) is 2.20. The Hall–Kier alpha value is -1.77. The summed E-state index contributed by atoms with van der Waals surface area (Å²) in [6.45, 7) is 6.07. The zero-order chi connectivity index (χ0) is 14.0. The molecular weight excluding hydrogens is 249 g/mol. The smallest absolute Gasteiger partial charge is 0.166 e. The van der Waals surface area contributed by atoms with Crippen molar-refractivity contribution in [3.05, 3.63) is 54.1 Å². The highest BCUT2D eigenvalue weighted by molar-refractivity contribution is 5.93. The van der Waals surface area contributed by atoms with Crippen molar-refractivity contribution in [1.29, 1.82) is 0 Å². The predicted octanol–water partition coefficient (Wildman–Crippen LogP) is 5.67. The summed E-state index contributed by atoms with van der Waals surface area (Å²) >= 11 is 0. The van der Waals surface area contributed by atoms with Crippen molar-refractivity contribution in [3.8, 4) is 0 Å². The summed E-state index contributed by atoms with van der Waals surface area (Å²) in [4.78, 5) is 0. The Morgan fingerprint density at radius 3 is 2.53 bits per heavy atom. The number of rotatable bonds is 3. The fraction of sp³-hybridized carbons (Fsp3) is 0.250. The summed E-state index contributed by atoms with van der Waals surface area (Å²) < 4.78 is 38.0. The van der Waals surface area contributed by atoms with Crippen LogP contribution in [-0.2, 0) is 6.18 Å². The van der Waals surface area contributed by atoms with Gasteiger partial charge in [-0.1, -0.05) is 44.2 Å². The van der Waals surface area contributed by atoms with E-state index >= 15 is 0 Å². The first-order valence-corrected chi connectivity index (χ1v) is 6.21. The Kier molecular flexibility index (Phi) is 3.65. The van der Waals surface area contributed by atoms with Gasteiger partial charge in [-0.05, 0) is 40.5 Å². The molecule has 0 saturated heterocycles. The third-order valence-electron chi connectivity index (χ3n) is 3.14. The molecule has 0 aliphatic heterocycles. The summed E-state index contributed by atoms with van der Waals surface area (Å²) in [7, 11) is 0. The molecule has 0 heterocycles. The van der Waals surface area contributed by atoms with E-state index in [1.54, 1.807) is 12.1 Å². The molecule has 0 aliphatic rings. The molecule has 0 bridgehead atoms. The van der Waals surface area contributed by atoms with Gasteiger partial charge >= 0.3 is 6.18 Å². The van der Waals surface area contributed by atoms with Crippen LogP contribution in [0.25, 0.3) is 16.3 Å². The van der Waals surface area contributed by atoms with Crippen LogP contribution in [0.2, 0.25) is 0 Å². The second-order valence-electron chi connectivity index (χ2n) is 4.59. The van der Waals surface area contributed by atoms with E-state index in [0.717, 1.165) is 35.4 Å². The first-order valence-electron chi connectivity index (χ1n) is 6.21. The third kappa shape index (κ3) is 2.80. The van der Waals surface area contributed by atoms with Gasteiger partial charge in [-0.3, -0.25) is 0 Å². The first kappa shape index (κ1) is 13.7. The molecule has 2 aromatic rings. The molecule has 0 aromatic heterocycles. The number of halogens is 3. The molecule has 0 aliphatic carbocycles. The lowest BCUT2D eigenvalue weighted by Gasteiger charge is -2.11. The minimum absolute atomic E-state index is 0.601. The summed E-state index contributed by atoms with van der Waals surface area (Å²) in [5, 5.41) is 1.43. The quantitative estimate of drug-likeness (QED) is 0.669. The Labute approximate surface area is 110 Å². The van der Waals surface area contributed by atoms with Crippen molar-refractivity contribution in [2.24, 2.45) is 0 Å². The van der Waals surface area contributed by atoms with E-state index in [9.17, 15) is 13.2 Å². The number of allylic oxidation sites excluding steroid dienone is 1. The number of fused-ring (bicyclic) bond motifs is 1. The second-order valence-corrected chi connectivity index (χ2v) is 4.59. The average molecular weight is 264 g/mol. The lowest BCUT2D eigenvalue weighted by atomic mass is 9.95. The van der Waals surface area contributed by atoms with Crippen LogP contribution in [0.4, 0.5) is 13.2 Å². The van der Waals surface area contributed by atoms with Crippen molar-refractivity contribution in [2.75, 3.05) is 0 Å². The lowest BCUT2D eigenvalue weighted by molar-refractivity contribution is -0.137. The van der Waals surface area contributed by atoms with Crippen LogP contribution in [-0.4, -0.2) is 0 Å². The molecule has 19 heavy (non-hydrogen) atoms. The number of hydrogen-bond donors (Lipinski definition) is 0. The SMILES string of the molecule is C=C(CCC)c1cccc2cc(C(F)(F)F)ccc12. The molecule has 0 atom stereocenters. The minimum Gasteiger partial charge on any atom is -0.166 e. The van der Waals surface area contributed by atoms with Crippen LogP contribution in [0, 0.1) is 0 Å². The molecule has 0 nitrogen and oxygen atoms in total. The maximum atomic E-state index is 12.7. The molecule has 0 fully saturated rings. The van der Waals surface area contributed by atoms with Gasteiger partial charge in [0.15, 0.2) is 0 Å². The van der Waals surface area contributed by atoms with Gasteiger partial charge in [0.1, 0.15) is 0 Å². The van der Waals surface area contributed by atoms with Crippen LogP contribution in [0.5, 0.6) is 0 Å². The summed E-state index contributed by atoms with van der Waals surface area (Å²) in [5.41, 5.74) is 1.29. The van der Waals surface area contributed by atoms with Gasteiger partial charge < -0.3 is 0 Å². The van der Waals surface area contributed by atoms with E-state index in [4.69, 9.17) is 0 Å². The van der Waals surface area contributed by atoms with E-state index in [2.05, 4.69) is 13.5 Å². The molecule has 0 spiro atoms.